The molecular formula is C36H37F3N2O3. The first-order valence-electron chi connectivity index (χ1n) is 14.7. The molecule has 0 bridgehead atoms. The van der Waals surface area contributed by atoms with Crippen molar-refractivity contribution in [1.82, 2.24) is 10.6 Å². The lowest BCUT2D eigenvalue weighted by molar-refractivity contribution is -0.137. The highest BCUT2D eigenvalue weighted by molar-refractivity contribution is 5.89. The number of carbonyl (C=O) groups is 2. The van der Waals surface area contributed by atoms with Gasteiger partial charge in [-0.15, -0.1) is 0 Å². The molecule has 0 saturated carbocycles. The largest absolute Gasteiger partial charge is 0.461 e. The first kappa shape index (κ1) is 32.5. The number of hydrogen-bond acceptors (Lipinski definition) is 4. The second-order valence-corrected chi connectivity index (χ2v) is 10.8. The van der Waals surface area contributed by atoms with Crippen LogP contribution in [0.15, 0.2) is 109 Å². The number of ether oxygens (including phenoxy) is 1. The number of halogens is 3. The standard InChI is InChI=1S/C36H37F3N2O3/c1-26(23-28-9-8-14-32(24-28)36(37,38)39)40-21-22-44-35(43)31-17-15-27(16-18-31)19-20-41-34(42)25-33(29-10-4-2-5-11-29)30-12-6-3-7-13-30/h2-18,24,26,33,40H,19-23,25H2,1H3,(H,41,42). The Bertz CT molecular complexity index is 1440. The minimum absolute atomic E-state index is 0.0272. The third-order valence-corrected chi connectivity index (χ3v) is 7.34. The molecule has 0 aliphatic rings. The quantitative estimate of drug-likeness (QED) is 0.121. The van der Waals surface area contributed by atoms with Gasteiger partial charge in [-0.3, -0.25) is 4.79 Å². The van der Waals surface area contributed by atoms with Gasteiger partial charge in [0.1, 0.15) is 6.61 Å². The molecule has 0 saturated heterocycles. The van der Waals surface area contributed by atoms with Gasteiger partial charge in [0.2, 0.25) is 5.91 Å². The van der Waals surface area contributed by atoms with Gasteiger partial charge < -0.3 is 15.4 Å². The van der Waals surface area contributed by atoms with Gasteiger partial charge in [-0.1, -0.05) is 91.0 Å². The van der Waals surface area contributed by atoms with Crippen LogP contribution in [-0.4, -0.2) is 37.6 Å². The summed E-state index contributed by atoms with van der Waals surface area (Å²) in [4.78, 5) is 25.3. The van der Waals surface area contributed by atoms with Crippen molar-refractivity contribution in [3.8, 4) is 0 Å². The molecule has 44 heavy (non-hydrogen) atoms. The lowest BCUT2D eigenvalue weighted by atomic mass is 9.88. The summed E-state index contributed by atoms with van der Waals surface area (Å²) >= 11 is 0. The topological polar surface area (TPSA) is 67.4 Å². The number of hydrogen-bond donors (Lipinski definition) is 2. The summed E-state index contributed by atoms with van der Waals surface area (Å²) < 4.78 is 44.1. The van der Waals surface area contributed by atoms with E-state index in [1.807, 2.05) is 79.7 Å². The van der Waals surface area contributed by atoms with E-state index < -0.39 is 17.7 Å². The number of benzene rings is 4. The molecule has 0 heterocycles. The molecule has 5 nitrogen and oxygen atoms in total. The summed E-state index contributed by atoms with van der Waals surface area (Å²) in [5.41, 5.74) is 3.51. The molecule has 8 heteroatoms. The number of amides is 1. The van der Waals surface area contributed by atoms with Crippen LogP contribution in [0.4, 0.5) is 13.2 Å². The van der Waals surface area contributed by atoms with E-state index >= 15 is 0 Å². The Morgan fingerprint density at radius 3 is 2.02 bits per heavy atom. The predicted molar refractivity (Wildman–Crippen MR) is 165 cm³/mol. The molecule has 0 fully saturated rings. The number of alkyl halides is 3. The monoisotopic (exact) mass is 602 g/mol. The Kier molecular flexibility index (Phi) is 11.7. The second-order valence-electron chi connectivity index (χ2n) is 10.8. The first-order chi connectivity index (χ1) is 21.2. The van der Waals surface area contributed by atoms with Crippen LogP contribution in [0.25, 0.3) is 0 Å². The molecule has 0 aliphatic heterocycles. The maximum atomic E-state index is 12.9. The third-order valence-electron chi connectivity index (χ3n) is 7.34. The maximum Gasteiger partial charge on any atom is 0.416 e. The zero-order valence-electron chi connectivity index (χ0n) is 24.6. The molecule has 2 N–H and O–H groups in total. The Morgan fingerprint density at radius 2 is 1.41 bits per heavy atom. The minimum Gasteiger partial charge on any atom is -0.461 e. The molecule has 1 unspecified atom stereocenters. The summed E-state index contributed by atoms with van der Waals surface area (Å²) in [5.74, 6) is -0.512. The van der Waals surface area contributed by atoms with Gasteiger partial charge >= 0.3 is 12.1 Å². The van der Waals surface area contributed by atoms with Crippen LogP contribution >= 0.6 is 0 Å². The lowest BCUT2D eigenvalue weighted by Gasteiger charge is -2.18. The summed E-state index contributed by atoms with van der Waals surface area (Å²) in [6, 6.07) is 32.3. The lowest BCUT2D eigenvalue weighted by Crippen LogP contribution is -2.31. The van der Waals surface area contributed by atoms with Gasteiger partial charge in [0, 0.05) is 31.5 Å². The molecule has 1 amide bonds. The fourth-order valence-electron chi connectivity index (χ4n) is 5.04. The van der Waals surface area contributed by atoms with E-state index in [0.717, 1.165) is 28.8 Å². The summed E-state index contributed by atoms with van der Waals surface area (Å²) in [6.07, 6.45) is -2.99. The summed E-state index contributed by atoms with van der Waals surface area (Å²) in [7, 11) is 0. The van der Waals surface area contributed by atoms with Crippen LogP contribution in [0, 0.1) is 0 Å². The molecule has 0 aromatic heterocycles. The van der Waals surface area contributed by atoms with E-state index in [0.29, 0.717) is 43.5 Å². The van der Waals surface area contributed by atoms with E-state index in [1.54, 1.807) is 18.2 Å². The highest BCUT2D eigenvalue weighted by atomic mass is 19.4. The van der Waals surface area contributed by atoms with E-state index in [-0.39, 0.29) is 24.5 Å². The van der Waals surface area contributed by atoms with Crippen LogP contribution < -0.4 is 10.6 Å². The van der Waals surface area contributed by atoms with E-state index in [1.165, 1.54) is 6.07 Å². The highest BCUT2D eigenvalue weighted by Crippen LogP contribution is 2.30. The van der Waals surface area contributed by atoms with Crippen LogP contribution in [0.1, 0.15) is 57.4 Å². The fourth-order valence-corrected chi connectivity index (χ4v) is 5.04. The molecule has 1 atom stereocenters. The number of rotatable bonds is 14. The van der Waals surface area contributed by atoms with Crippen molar-refractivity contribution >= 4 is 11.9 Å². The molecule has 4 rings (SSSR count). The maximum absolute atomic E-state index is 12.9. The molecule has 0 radical (unpaired) electrons. The van der Waals surface area contributed by atoms with Crippen molar-refractivity contribution in [3.63, 3.8) is 0 Å². The van der Waals surface area contributed by atoms with Gasteiger partial charge in [0.25, 0.3) is 0 Å². The molecular weight excluding hydrogens is 565 g/mol. The zero-order valence-corrected chi connectivity index (χ0v) is 24.6. The average Bonchev–Trinajstić information content (AvgIpc) is 3.03. The van der Waals surface area contributed by atoms with E-state index in [9.17, 15) is 22.8 Å². The Morgan fingerprint density at radius 1 is 0.773 bits per heavy atom. The van der Waals surface area contributed by atoms with Crippen molar-refractivity contribution in [3.05, 3.63) is 143 Å². The molecule has 0 spiro atoms. The van der Waals surface area contributed by atoms with Gasteiger partial charge in [0.15, 0.2) is 0 Å². The van der Waals surface area contributed by atoms with E-state index in [2.05, 4.69) is 10.6 Å². The van der Waals surface area contributed by atoms with Gasteiger partial charge in [-0.05, 0) is 60.2 Å². The average molecular weight is 603 g/mol. The van der Waals surface area contributed by atoms with Gasteiger partial charge in [0.05, 0.1) is 11.1 Å². The Labute approximate surface area is 256 Å². The predicted octanol–water partition coefficient (Wildman–Crippen LogP) is 6.96. The van der Waals surface area contributed by atoms with Crippen LogP contribution in [-0.2, 0) is 28.5 Å². The summed E-state index contributed by atoms with van der Waals surface area (Å²) in [6.45, 7) is 2.85. The van der Waals surface area contributed by atoms with Crippen LogP contribution in [0.2, 0.25) is 0 Å². The van der Waals surface area contributed by atoms with E-state index in [4.69, 9.17) is 4.74 Å². The second kappa shape index (κ2) is 15.9. The van der Waals surface area contributed by atoms with Crippen LogP contribution in [0.3, 0.4) is 0 Å². The SMILES string of the molecule is CC(Cc1cccc(C(F)(F)F)c1)NCCOC(=O)c1ccc(CCNC(=O)CC(c2ccccc2)c2ccccc2)cc1. The molecule has 230 valence electrons. The zero-order chi connectivity index (χ0) is 31.4. The molecule has 0 aliphatic carbocycles. The minimum atomic E-state index is -4.37. The molecule has 4 aromatic rings. The third kappa shape index (κ3) is 10.1. The number of nitrogens with one attached hydrogen (secondary N) is 2. The normalized spacial score (nSPS) is 12.1. The number of carbonyl (C=O) groups excluding carboxylic acids is 2. The van der Waals surface area contributed by atoms with Crippen molar-refractivity contribution in [2.45, 2.75) is 44.3 Å². The molecule has 4 aromatic carbocycles. The smallest absolute Gasteiger partial charge is 0.416 e. The Hall–Kier alpha value is -4.43. The van der Waals surface area contributed by atoms with Crippen molar-refractivity contribution in [2.24, 2.45) is 0 Å². The van der Waals surface area contributed by atoms with Crippen LogP contribution in [0.5, 0.6) is 0 Å². The first-order valence-corrected chi connectivity index (χ1v) is 14.7. The number of esters is 1. The summed E-state index contributed by atoms with van der Waals surface area (Å²) in [5, 5.41) is 6.19. The Balaban J connectivity index is 1.16. The fraction of sp³-hybridized carbons (Fsp3) is 0.278. The highest BCUT2D eigenvalue weighted by Gasteiger charge is 2.30. The van der Waals surface area contributed by atoms with Crippen molar-refractivity contribution in [2.75, 3.05) is 19.7 Å². The van der Waals surface area contributed by atoms with Crippen molar-refractivity contribution < 1.29 is 27.5 Å². The van der Waals surface area contributed by atoms with Gasteiger partial charge in [-0.25, -0.2) is 4.79 Å². The van der Waals surface area contributed by atoms with Crippen molar-refractivity contribution in [1.29, 1.82) is 0 Å². The van der Waals surface area contributed by atoms with Gasteiger partial charge in [-0.2, -0.15) is 13.2 Å².